The summed E-state index contributed by atoms with van der Waals surface area (Å²) in [7, 11) is 0. The number of aromatic nitrogens is 2. The minimum Gasteiger partial charge on any atom is -0.481 e. The van der Waals surface area contributed by atoms with E-state index in [1.807, 2.05) is 0 Å². The molecule has 0 radical (unpaired) electrons. The molecule has 1 aromatic heterocycles. The molecular weight excluding hydrogens is 206 g/mol. The van der Waals surface area contributed by atoms with Gasteiger partial charge in [-0.25, -0.2) is 4.98 Å². The first-order valence-corrected chi connectivity index (χ1v) is 4.47. The topological polar surface area (TPSA) is 55.1 Å². The maximum absolute atomic E-state index is 13.4. The van der Waals surface area contributed by atoms with Gasteiger partial charge in [-0.05, 0) is 13.8 Å². The first-order chi connectivity index (χ1) is 6.84. The molecular formula is C9H12F2N2O2. The number of rotatable bonds is 4. The lowest BCUT2D eigenvalue weighted by molar-refractivity contribution is -0.146. The zero-order valence-electron chi connectivity index (χ0n) is 8.44. The number of carboxylic acids is 1. The number of nitrogens with zero attached hydrogens (tertiary/aromatic N) is 2. The molecule has 1 heterocycles. The highest BCUT2D eigenvalue weighted by molar-refractivity contribution is 5.68. The van der Waals surface area contributed by atoms with E-state index in [0.29, 0.717) is 0 Å². The van der Waals surface area contributed by atoms with Crippen LogP contribution in [0.25, 0.3) is 0 Å². The lowest BCUT2D eigenvalue weighted by atomic mass is 10.2. The van der Waals surface area contributed by atoms with Crippen LogP contribution in [0.1, 0.15) is 32.1 Å². The molecule has 1 aromatic rings. The van der Waals surface area contributed by atoms with Crippen LogP contribution in [0.2, 0.25) is 0 Å². The van der Waals surface area contributed by atoms with E-state index in [9.17, 15) is 13.6 Å². The van der Waals surface area contributed by atoms with Crippen molar-refractivity contribution >= 4 is 5.97 Å². The molecule has 0 aromatic carbocycles. The quantitative estimate of drug-likeness (QED) is 0.841. The van der Waals surface area contributed by atoms with Crippen LogP contribution in [0.3, 0.4) is 0 Å². The van der Waals surface area contributed by atoms with Crippen LogP contribution in [0, 0.1) is 0 Å². The lowest BCUT2D eigenvalue weighted by Gasteiger charge is -2.17. The molecule has 0 saturated carbocycles. The molecule has 0 aliphatic heterocycles. The van der Waals surface area contributed by atoms with E-state index in [0.717, 1.165) is 0 Å². The second-order valence-electron chi connectivity index (χ2n) is 3.53. The number of aliphatic carboxylic acids is 1. The van der Waals surface area contributed by atoms with Crippen molar-refractivity contribution in [3.63, 3.8) is 0 Å². The smallest absolute Gasteiger partial charge is 0.315 e. The summed E-state index contributed by atoms with van der Waals surface area (Å²) in [5.74, 6) is -5.47. The van der Waals surface area contributed by atoms with Gasteiger partial charge in [0.15, 0.2) is 5.82 Å². The largest absolute Gasteiger partial charge is 0.481 e. The summed E-state index contributed by atoms with van der Waals surface area (Å²) in [4.78, 5) is 13.8. The van der Waals surface area contributed by atoms with Crippen molar-refractivity contribution < 1.29 is 18.7 Å². The Kier molecular flexibility index (Phi) is 3.06. The van der Waals surface area contributed by atoms with Crippen LogP contribution < -0.4 is 0 Å². The van der Waals surface area contributed by atoms with E-state index >= 15 is 0 Å². The van der Waals surface area contributed by atoms with Gasteiger partial charge in [0.05, 0.1) is 0 Å². The van der Waals surface area contributed by atoms with Crippen LogP contribution >= 0.6 is 0 Å². The Morgan fingerprint density at radius 1 is 1.67 bits per heavy atom. The predicted molar refractivity (Wildman–Crippen MR) is 48.8 cm³/mol. The van der Waals surface area contributed by atoms with E-state index in [-0.39, 0.29) is 6.04 Å². The zero-order chi connectivity index (χ0) is 11.6. The fraction of sp³-hybridized carbons (Fsp3) is 0.556. The Hall–Kier alpha value is -1.46. The number of hydrogen-bond donors (Lipinski definition) is 1. The minimum atomic E-state index is -3.43. The molecule has 4 nitrogen and oxygen atoms in total. The summed E-state index contributed by atoms with van der Waals surface area (Å²) >= 11 is 0. The van der Waals surface area contributed by atoms with E-state index in [2.05, 4.69) is 4.98 Å². The summed E-state index contributed by atoms with van der Waals surface area (Å²) in [6.45, 7) is 3.45. The second-order valence-corrected chi connectivity index (χ2v) is 3.53. The van der Waals surface area contributed by atoms with Crippen molar-refractivity contribution in [2.75, 3.05) is 0 Å². The molecule has 1 N–H and O–H groups in total. The number of carbonyl (C=O) groups is 1. The normalized spacial score (nSPS) is 12.1. The Balaban J connectivity index is 3.03. The fourth-order valence-electron chi connectivity index (χ4n) is 1.28. The van der Waals surface area contributed by atoms with E-state index in [1.165, 1.54) is 17.0 Å². The zero-order valence-corrected chi connectivity index (χ0v) is 8.44. The fourth-order valence-corrected chi connectivity index (χ4v) is 1.28. The van der Waals surface area contributed by atoms with Gasteiger partial charge in [0.2, 0.25) is 0 Å². The molecule has 0 fully saturated rings. The molecule has 0 saturated heterocycles. The van der Waals surface area contributed by atoms with Gasteiger partial charge in [-0.1, -0.05) is 0 Å². The van der Waals surface area contributed by atoms with Crippen molar-refractivity contribution in [3.05, 3.63) is 18.2 Å². The summed E-state index contributed by atoms with van der Waals surface area (Å²) in [6, 6.07) is -0.179. The number of hydrogen-bond acceptors (Lipinski definition) is 2. The summed E-state index contributed by atoms with van der Waals surface area (Å²) in [5, 5.41) is 8.36. The van der Waals surface area contributed by atoms with E-state index < -0.39 is 24.1 Å². The number of carboxylic acid groups (broad SMARTS) is 1. The first-order valence-electron chi connectivity index (χ1n) is 4.47. The van der Waals surface area contributed by atoms with Crippen LogP contribution in [0.15, 0.2) is 12.4 Å². The molecule has 0 amide bonds. The Bertz CT molecular complexity index is 361. The monoisotopic (exact) mass is 218 g/mol. The van der Waals surface area contributed by atoms with Crippen LogP contribution in [0.5, 0.6) is 0 Å². The van der Waals surface area contributed by atoms with Crippen molar-refractivity contribution in [2.45, 2.75) is 32.2 Å². The van der Waals surface area contributed by atoms with Gasteiger partial charge in [0.1, 0.15) is 6.42 Å². The molecule has 0 aliphatic rings. The Labute approximate surface area is 85.5 Å². The average molecular weight is 218 g/mol. The Morgan fingerprint density at radius 2 is 2.27 bits per heavy atom. The van der Waals surface area contributed by atoms with Crippen molar-refractivity contribution in [1.82, 2.24) is 9.55 Å². The van der Waals surface area contributed by atoms with Crippen molar-refractivity contribution in [2.24, 2.45) is 0 Å². The van der Waals surface area contributed by atoms with Gasteiger partial charge in [-0.2, -0.15) is 8.78 Å². The van der Waals surface area contributed by atoms with Crippen LogP contribution in [-0.4, -0.2) is 20.6 Å². The van der Waals surface area contributed by atoms with Gasteiger partial charge in [0, 0.05) is 18.4 Å². The predicted octanol–water partition coefficient (Wildman–Crippen LogP) is 2.03. The molecule has 0 bridgehead atoms. The van der Waals surface area contributed by atoms with Gasteiger partial charge in [0.25, 0.3) is 0 Å². The molecule has 0 atom stereocenters. The maximum atomic E-state index is 13.4. The number of halogens is 2. The molecule has 0 spiro atoms. The first kappa shape index (κ1) is 11.6. The average Bonchev–Trinajstić information content (AvgIpc) is 2.48. The lowest BCUT2D eigenvalue weighted by Crippen LogP contribution is -2.24. The highest BCUT2D eigenvalue weighted by Gasteiger charge is 2.39. The number of alkyl halides is 2. The molecule has 0 unspecified atom stereocenters. The summed E-state index contributed by atoms with van der Waals surface area (Å²) in [6.07, 6.45) is 1.41. The molecule has 0 aliphatic carbocycles. The maximum Gasteiger partial charge on any atom is 0.315 e. The van der Waals surface area contributed by atoms with Crippen molar-refractivity contribution in [3.8, 4) is 0 Å². The second kappa shape index (κ2) is 3.96. The highest BCUT2D eigenvalue weighted by Crippen LogP contribution is 2.31. The standard InChI is InChI=1S/C9H12F2N2O2/c1-6(2)13-4-3-12-8(13)9(10,11)5-7(14)15/h3-4,6H,5H2,1-2H3,(H,14,15). The minimum absolute atomic E-state index is 0.179. The van der Waals surface area contributed by atoms with Crippen molar-refractivity contribution in [1.29, 1.82) is 0 Å². The summed E-state index contributed by atoms with van der Waals surface area (Å²) in [5.41, 5.74) is 0. The van der Waals surface area contributed by atoms with Gasteiger partial charge >= 0.3 is 11.9 Å². The van der Waals surface area contributed by atoms with E-state index in [4.69, 9.17) is 5.11 Å². The third kappa shape index (κ3) is 2.51. The molecule has 84 valence electrons. The van der Waals surface area contributed by atoms with Gasteiger partial charge in [-0.3, -0.25) is 4.79 Å². The third-order valence-corrected chi connectivity index (χ3v) is 1.93. The van der Waals surface area contributed by atoms with Gasteiger partial charge < -0.3 is 9.67 Å². The van der Waals surface area contributed by atoms with E-state index in [1.54, 1.807) is 13.8 Å². The van der Waals surface area contributed by atoms with Gasteiger partial charge in [-0.15, -0.1) is 0 Å². The summed E-state index contributed by atoms with van der Waals surface area (Å²) < 4.78 is 28.1. The van der Waals surface area contributed by atoms with Crippen LogP contribution in [-0.2, 0) is 10.7 Å². The Morgan fingerprint density at radius 3 is 2.73 bits per heavy atom. The van der Waals surface area contributed by atoms with Crippen LogP contribution in [0.4, 0.5) is 8.78 Å². The molecule has 15 heavy (non-hydrogen) atoms. The number of imidazole rings is 1. The highest BCUT2D eigenvalue weighted by atomic mass is 19.3. The SMILES string of the molecule is CC(C)n1ccnc1C(F)(F)CC(=O)O. The molecule has 1 rings (SSSR count). The third-order valence-electron chi connectivity index (χ3n) is 1.93. The molecule has 6 heteroatoms.